The highest BCUT2D eigenvalue weighted by Gasteiger charge is 2.20. The van der Waals surface area contributed by atoms with Crippen LogP contribution in [0.3, 0.4) is 0 Å². The summed E-state index contributed by atoms with van der Waals surface area (Å²) >= 11 is 0. The molecule has 1 amide bonds. The molecule has 2 atom stereocenters. The molecule has 2 aromatic heterocycles. The maximum Gasteiger partial charge on any atom is 0.222 e. The smallest absolute Gasteiger partial charge is 0.222 e. The van der Waals surface area contributed by atoms with Gasteiger partial charge in [0.15, 0.2) is 0 Å². The molecule has 2 rings (SSSR count). The van der Waals surface area contributed by atoms with E-state index in [1.807, 2.05) is 50.0 Å². The molecule has 24 heavy (non-hydrogen) atoms. The lowest BCUT2D eigenvalue weighted by atomic mass is 10.1. The van der Waals surface area contributed by atoms with Crippen molar-refractivity contribution in [3.8, 4) is 0 Å². The zero-order valence-electron chi connectivity index (χ0n) is 15.8. The van der Waals surface area contributed by atoms with Crippen molar-refractivity contribution in [2.24, 2.45) is 0 Å². The Kier molecular flexibility index (Phi) is 5.47. The second-order valence-corrected chi connectivity index (χ2v) is 6.61. The minimum atomic E-state index is -0.0505. The van der Waals surface area contributed by atoms with Gasteiger partial charge in [0.2, 0.25) is 5.91 Å². The highest BCUT2D eigenvalue weighted by Crippen LogP contribution is 2.22. The quantitative estimate of drug-likeness (QED) is 0.884. The van der Waals surface area contributed by atoms with Crippen LogP contribution in [0, 0.1) is 27.7 Å². The van der Waals surface area contributed by atoms with Crippen LogP contribution >= 0.6 is 0 Å². The van der Waals surface area contributed by atoms with Gasteiger partial charge in [-0.1, -0.05) is 0 Å². The molecule has 132 valence electrons. The lowest BCUT2D eigenvalue weighted by molar-refractivity contribution is -0.122. The van der Waals surface area contributed by atoms with Crippen molar-refractivity contribution in [1.82, 2.24) is 24.9 Å². The molecule has 6 nitrogen and oxygen atoms in total. The molecule has 2 unspecified atom stereocenters. The number of hydrogen-bond donors (Lipinski definition) is 1. The lowest BCUT2D eigenvalue weighted by Gasteiger charge is -2.18. The van der Waals surface area contributed by atoms with Gasteiger partial charge in [-0.05, 0) is 54.5 Å². The van der Waals surface area contributed by atoms with Gasteiger partial charge in [0, 0.05) is 29.9 Å². The minimum Gasteiger partial charge on any atom is -0.349 e. The number of hydrogen-bond acceptors (Lipinski definition) is 3. The van der Waals surface area contributed by atoms with Crippen LogP contribution in [0.1, 0.15) is 67.6 Å². The summed E-state index contributed by atoms with van der Waals surface area (Å²) in [5, 5.41) is 12.1. The highest BCUT2D eigenvalue weighted by molar-refractivity contribution is 5.76. The summed E-state index contributed by atoms with van der Waals surface area (Å²) in [6.07, 6.45) is 0.409. The van der Waals surface area contributed by atoms with Crippen LogP contribution in [0.2, 0.25) is 0 Å². The Balaban J connectivity index is 2.04. The normalized spacial score (nSPS) is 13.8. The van der Waals surface area contributed by atoms with Crippen LogP contribution in [-0.4, -0.2) is 25.5 Å². The number of carbonyl (C=O) groups excluding carboxylic acids is 1. The minimum absolute atomic E-state index is 0.0330. The average Bonchev–Trinajstić information content (AvgIpc) is 2.97. The number of rotatable bonds is 6. The fraction of sp³-hybridized carbons (Fsp3) is 0.611. The fourth-order valence-electron chi connectivity index (χ4n) is 3.46. The van der Waals surface area contributed by atoms with Crippen molar-refractivity contribution in [3.05, 3.63) is 34.4 Å². The molecule has 0 fully saturated rings. The largest absolute Gasteiger partial charge is 0.349 e. The summed E-state index contributed by atoms with van der Waals surface area (Å²) < 4.78 is 3.90. The van der Waals surface area contributed by atoms with Gasteiger partial charge in [-0.3, -0.25) is 14.2 Å². The first kappa shape index (κ1) is 18.2. The SMILES string of the molecule is CCn1nc(C)c(C(C)NC(=O)CC(C)n2nc(C)cc2C)c1C. The monoisotopic (exact) mass is 331 g/mol. The molecule has 0 bridgehead atoms. The number of carbonyl (C=O) groups is 1. The Bertz CT molecular complexity index is 728. The zero-order chi connectivity index (χ0) is 18.0. The first-order chi connectivity index (χ1) is 11.2. The third-order valence-corrected chi connectivity index (χ3v) is 4.49. The molecule has 0 aromatic carbocycles. The van der Waals surface area contributed by atoms with Gasteiger partial charge in [0.25, 0.3) is 0 Å². The van der Waals surface area contributed by atoms with E-state index in [1.165, 1.54) is 0 Å². The van der Waals surface area contributed by atoms with E-state index in [1.54, 1.807) is 0 Å². The summed E-state index contributed by atoms with van der Waals surface area (Å²) in [5.74, 6) is 0.0330. The van der Waals surface area contributed by atoms with E-state index in [4.69, 9.17) is 0 Å². The van der Waals surface area contributed by atoms with Crippen molar-refractivity contribution in [2.75, 3.05) is 0 Å². The lowest BCUT2D eigenvalue weighted by Crippen LogP contribution is -2.29. The topological polar surface area (TPSA) is 64.7 Å². The maximum atomic E-state index is 12.4. The third kappa shape index (κ3) is 3.68. The summed E-state index contributed by atoms with van der Waals surface area (Å²) in [4.78, 5) is 12.4. The molecule has 0 saturated heterocycles. The van der Waals surface area contributed by atoms with E-state index >= 15 is 0 Å². The van der Waals surface area contributed by atoms with Gasteiger partial charge < -0.3 is 5.32 Å². The summed E-state index contributed by atoms with van der Waals surface area (Å²) in [6.45, 7) is 15.0. The van der Waals surface area contributed by atoms with Gasteiger partial charge in [0.05, 0.1) is 23.5 Å². The van der Waals surface area contributed by atoms with E-state index in [2.05, 4.69) is 29.4 Å². The molecular weight excluding hydrogens is 302 g/mol. The van der Waals surface area contributed by atoms with Crippen LogP contribution < -0.4 is 5.32 Å². The van der Waals surface area contributed by atoms with Gasteiger partial charge in [-0.25, -0.2) is 0 Å². The molecule has 0 saturated carbocycles. The number of aromatic nitrogens is 4. The summed E-state index contributed by atoms with van der Waals surface area (Å²) in [7, 11) is 0. The highest BCUT2D eigenvalue weighted by atomic mass is 16.1. The predicted molar refractivity (Wildman–Crippen MR) is 95.0 cm³/mol. The predicted octanol–water partition coefficient (Wildman–Crippen LogP) is 3.16. The van der Waals surface area contributed by atoms with Gasteiger partial charge in [-0.15, -0.1) is 0 Å². The van der Waals surface area contributed by atoms with E-state index in [-0.39, 0.29) is 18.0 Å². The average molecular weight is 331 g/mol. The van der Waals surface area contributed by atoms with Crippen molar-refractivity contribution in [1.29, 1.82) is 0 Å². The molecule has 2 aromatic rings. The Morgan fingerprint density at radius 3 is 2.38 bits per heavy atom. The van der Waals surface area contributed by atoms with E-state index in [9.17, 15) is 4.79 Å². The van der Waals surface area contributed by atoms with E-state index in [0.29, 0.717) is 6.42 Å². The number of amides is 1. The molecule has 0 radical (unpaired) electrons. The van der Waals surface area contributed by atoms with Crippen LogP contribution in [-0.2, 0) is 11.3 Å². The molecule has 1 N–H and O–H groups in total. The van der Waals surface area contributed by atoms with Crippen molar-refractivity contribution in [3.63, 3.8) is 0 Å². The van der Waals surface area contributed by atoms with E-state index in [0.717, 1.165) is 34.9 Å². The maximum absolute atomic E-state index is 12.4. The van der Waals surface area contributed by atoms with Crippen molar-refractivity contribution < 1.29 is 4.79 Å². The molecular formula is C18H29N5O. The van der Waals surface area contributed by atoms with Crippen LogP contribution in [0.15, 0.2) is 6.07 Å². The fourth-order valence-corrected chi connectivity index (χ4v) is 3.46. The van der Waals surface area contributed by atoms with Crippen molar-refractivity contribution in [2.45, 2.75) is 73.5 Å². The molecule has 0 aliphatic carbocycles. The van der Waals surface area contributed by atoms with E-state index < -0.39 is 0 Å². The zero-order valence-corrected chi connectivity index (χ0v) is 15.8. The van der Waals surface area contributed by atoms with Gasteiger partial charge in [0.1, 0.15) is 0 Å². The molecule has 6 heteroatoms. The van der Waals surface area contributed by atoms with Crippen LogP contribution in [0.4, 0.5) is 0 Å². The molecule has 0 aliphatic heterocycles. The Morgan fingerprint density at radius 2 is 1.88 bits per heavy atom. The Morgan fingerprint density at radius 1 is 1.21 bits per heavy atom. The molecule has 0 spiro atoms. The first-order valence-electron chi connectivity index (χ1n) is 8.60. The molecule has 2 heterocycles. The number of aryl methyl sites for hydroxylation is 4. The standard InChI is InChI=1S/C18H29N5O/c1-8-22-16(7)18(15(6)21-22)14(5)19-17(24)10-13(4)23-12(3)9-11(2)20-23/h9,13-14H,8,10H2,1-7H3,(H,19,24). The third-order valence-electron chi connectivity index (χ3n) is 4.49. The van der Waals surface area contributed by atoms with Gasteiger partial charge >= 0.3 is 0 Å². The summed E-state index contributed by atoms with van der Waals surface area (Å²) in [5.41, 5.74) is 5.27. The van der Waals surface area contributed by atoms with Gasteiger partial charge in [-0.2, -0.15) is 10.2 Å². The van der Waals surface area contributed by atoms with Crippen LogP contribution in [0.5, 0.6) is 0 Å². The Hall–Kier alpha value is -2.11. The van der Waals surface area contributed by atoms with Crippen molar-refractivity contribution >= 4 is 5.91 Å². The first-order valence-corrected chi connectivity index (χ1v) is 8.60. The Labute approximate surface area is 144 Å². The van der Waals surface area contributed by atoms with Crippen LogP contribution in [0.25, 0.3) is 0 Å². The second-order valence-electron chi connectivity index (χ2n) is 6.61. The number of nitrogens with zero attached hydrogens (tertiary/aromatic N) is 4. The summed E-state index contributed by atoms with van der Waals surface area (Å²) in [6, 6.07) is 2.01. The molecule has 0 aliphatic rings. The second kappa shape index (κ2) is 7.20. The number of nitrogens with one attached hydrogen (secondary N) is 1.